The molecule has 0 spiro atoms. The van der Waals surface area contributed by atoms with Gasteiger partial charge in [0, 0.05) is 0 Å². The Morgan fingerprint density at radius 2 is 0.714 bits per heavy atom. The van der Waals surface area contributed by atoms with Gasteiger partial charge in [-0.15, -0.1) is 0 Å². The number of allylic oxidation sites excluding steroid dienone is 13. The summed E-state index contributed by atoms with van der Waals surface area (Å²) in [5.74, 6) is 0. The Hall–Kier alpha value is -1.90. The summed E-state index contributed by atoms with van der Waals surface area (Å²) >= 11 is 0. The zero-order valence-electron chi connectivity index (χ0n) is 29.1. The van der Waals surface area contributed by atoms with Gasteiger partial charge in [0.1, 0.15) is 0 Å². The molecule has 0 radical (unpaired) electrons. The lowest BCUT2D eigenvalue weighted by Crippen LogP contribution is -2.02. The van der Waals surface area contributed by atoms with Crippen molar-refractivity contribution in [2.24, 2.45) is 0 Å². The first kappa shape index (κ1) is 38.1. The highest BCUT2D eigenvalue weighted by atomic mass is 16.6. The van der Waals surface area contributed by atoms with Crippen LogP contribution in [-0.4, -0.2) is 23.4 Å². The van der Waals surface area contributed by atoms with Gasteiger partial charge < -0.3 is 9.84 Å². The van der Waals surface area contributed by atoms with E-state index in [1.54, 1.807) is 0 Å². The van der Waals surface area contributed by atoms with Gasteiger partial charge in [0.15, 0.2) is 0 Å². The summed E-state index contributed by atoms with van der Waals surface area (Å²) in [6.45, 7) is 20.3. The van der Waals surface area contributed by atoms with Crippen LogP contribution in [-0.2, 0) is 4.74 Å². The highest BCUT2D eigenvalue weighted by molar-refractivity contribution is 5.10. The summed E-state index contributed by atoms with van der Waals surface area (Å²) in [5.41, 5.74) is 10.4. The number of ether oxygens (including phenoxy) is 1. The van der Waals surface area contributed by atoms with Gasteiger partial charge in [-0.05, 0) is 152 Å². The smallest absolute Gasteiger partial charge is 0.0892 e. The molecule has 1 unspecified atom stereocenters. The Bertz CT molecular complexity index is 993. The number of rotatable bonds is 22. The second-order valence-electron chi connectivity index (χ2n) is 13.5. The molecular weight excluding hydrogens is 512 g/mol. The quantitative estimate of drug-likeness (QED) is 0.102. The largest absolute Gasteiger partial charge is 0.392 e. The molecule has 0 aromatic heterocycles. The molecule has 0 saturated carbocycles. The molecule has 0 aliphatic carbocycles. The number of epoxide rings is 1. The predicted octanol–water partition coefficient (Wildman–Crippen LogP) is 12.2. The summed E-state index contributed by atoms with van der Waals surface area (Å²) in [5, 5.41) is 8.95. The van der Waals surface area contributed by atoms with Crippen LogP contribution >= 0.6 is 0 Å². The maximum Gasteiger partial charge on any atom is 0.0892 e. The van der Waals surface area contributed by atoms with E-state index in [0.717, 1.165) is 70.6 Å². The molecule has 1 saturated heterocycles. The van der Waals surface area contributed by atoms with E-state index in [0.29, 0.717) is 6.10 Å². The first-order valence-electron chi connectivity index (χ1n) is 16.8. The van der Waals surface area contributed by atoms with Crippen LogP contribution in [0.15, 0.2) is 81.5 Å². The van der Waals surface area contributed by atoms with Crippen LogP contribution in [0.25, 0.3) is 0 Å². The molecule has 1 aliphatic rings. The minimum atomic E-state index is 0.122. The first-order chi connectivity index (χ1) is 19.9. The second-order valence-corrected chi connectivity index (χ2v) is 13.5. The van der Waals surface area contributed by atoms with Gasteiger partial charge >= 0.3 is 0 Å². The molecule has 1 heterocycles. The molecule has 1 fully saturated rings. The van der Waals surface area contributed by atoms with Crippen molar-refractivity contribution in [1.82, 2.24) is 0 Å². The van der Waals surface area contributed by atoms with E-state index in [4.69, 9.17) is 9.84 Å². The molecule has 1 N–H and O–H groups in total. The standard InChI is InChI=1S/C40H66O2/c1-32(17-11-19-34(3)21-13-23-36(5)25-15-27-38(7)30-31-41)16-10-18-33(2)20-12-22-35(4)24-14-26-37(6)28-29-39-40(8,9)42-39/h17-18,21-22,25-26,30,39,41H,10-16,19-20,23-24,27-29,31H2,1-9H3/b32-17+,33-18+,34-21+,35-22+,36-25+,37-26+,38-30+. The monoisotopic (exact) mass is 579 g/mol. The van der Waals surface area contributed by atoms with Gasteiger partial charge in [-0.3, -0.25) is 0 Å². The summed E-state index contributed by atoms with van der Waals surface area (Å²) in [7, 11) is 0. The van der Waals surface area contributed by atoms with Gasteiger partial charge in [-0.1, -0.05) is 81.5 Å². The van der Waals surface area contributed by atoms with Crippen molar-refractivity contribution in [3.05, 3.63) is 81.5 Å². The lowest BCUT2D eigenvalue weighted by molar-refractivity contribution is 0.320. The van der Waals surface area contributed by atoms with Crippen LogP contribution in [0.3, 0.4) is 0 Å². The third-order valence-electron chi connectivity index (χ3n) is 8.59. The normalized spacial score (nSPS) is 19.1. The van der Waals surface area contributed by atoms with Crippen molar-refractivity contribution in [2.75, 3.05) is 6.61 Å². The van der Waals surface area contributed by atoms with E-state index in [1.807, 2.05) is 6.08 Å². The molecule has 0 amide bonds. The van der Waals surface area contributed by atoms with Crippen molar-refractivity contribution >= 4 is 0 Å². The molecule has 0 aromatic rings. The van der Waals surface area contributed by atoms with Gasteiger partial charge in [-0.2, -0.15) is 0 Å². The number of hydrogen-bond acceptors (Lipinski definition) is 2. The summed E-state index contributed by atoms with van der Waals surface area (Å²) in [6.07, 6.45) is 32.9. The van der Waals surface area contributed by atoms with E-state index in [-0.39, 0.29) is 12.2 Å². The average Bonchev–Trinajstić information content (AvgIpc) is 3.53. The fourth-order valence-corrected chi connectivity index (χ4v) is 5.25. The predicted molar refractivity (Wildman–Crippen MR) is 187 cm³/mol. The van der Waals surface area contributed by atoms with Crippen LogP contribution in [0.5, 0.6) is 0 Å². The molecule has 1 atom stereocenters. The molecular formula is C40H66O2. The summed E-state index contributed by atoms with van der Waals surface area (Å²) in [4.78, 5) is 0. The maximum absolute atomic E-state index is 8.95. The molecule has 238 valence electrons. The second kappa shape index (κ2) is 21.7. The third-order valence-corrected chi connectivity index (χ3v) is 8.59. The SMILES string of the molecule is C/C(=C\CO)CC/C=C(\C)CC/C=C(\C)CC/C=C(\C)CC/C=C(\C)CC/C=C(\C)CC/C=C(\C)CCC1OC1(C)C. The lowest BCUT2D eigenvalue weighted by atomic mass is 10.0. The van der Waals surface area contributed by atoms with Crippen LogP contribution in [0.2, 0.25) is 0 Å². The molecule has 2 heteroatoms. The van der Waals surface area contributed by atoms with E-state index < -0.39 is 0 Å². The van der Waals surface area contributed by atoms with Gasteiger partial charge in [0.05, 0.1) is 18.3 Å². The van der Waals surface area contributed by atoms with Crippen molar-refractivity contribution in [2.45, 2.75) is 164 Å². The molecule has 1 aliphatic heterocycles. The van der Waals surface area contributed by atoms with Crippen molar-refractivity contribution < 1.29 is 9.84 Å². The van der Waals surface area contributed by atoms with E-state index in [9.17, 15) is 0 Å². The van der Waals surface area contributed by atoms with Crippen LogP contribution in [0, 0.1) is 0 Å². The topological polar surface area (TPSA) is 32.8 Å². The molecule has 42 heavy (non-hydrogen) atoms. The van der Waals surface area contributed by atoms with Gasteiger partial charge in [0.25, 0.3) is 0 Å². The molecule has 1 rings (SSSR count). The van der Waals surface area contributed by atoms with Crippen molar-refractivity contribution in [3.63, 3.8) is 0 Å². The van der Waals surface area contributed by atoms with Gasteiger partial charge in [-0.25, -0.2) is 0 Å². The van der Waals surface area contributed by atoms with E-state index >= 15 is 0 Å². The van der Waals surface area contributed by atoms with Crippen LogP contribution in [0.1, 0.15) is 152 Å². The Kier molecular flexibility index (Phi) is 19.7. The number of aliphatic hydroxyl groups is 1. The average molecular weight is 579 g/mol. The summed E-state index contributed by atoms with van der Waals surface area (Å²) in [6, 6.07) is 0. The highest BCUT2D eigenvalue weighted by Crippen LogP contribution is 2.39. The zero-order valence-corrected chi connectivity index (χ0v) is 29.1. The maximum atomic E-state index is 8.95. The Balaban J connectivity index is 2.18. The van der Waals surface area contributed by atoms with E-state index in [2.05, 4.69) is 98.8 Å². The number of hydrogen-bond donors (Lipinski definition) is 1. The fourth-order valence-electron chi connectivity index (χ4n) is 5.25. The highest BCUT2D eigenvalue weighted by Gasteiger charge is 2.46. The third kappa shape index (κ3) is 20.1. The van der Waals surface area contributed by atoms with Crippen LogP contribution < -0.4 is 0 Å². The minimum absolute atomic E-state index is 0.122. The van der Waals surface area contributed by atoms with Crippen molar-refractivity contribution in [1.29, 1.82) is 0 Å². The molecule has 0 aromatic carbocycles. The Morgan fingerprint density at radius 1 is 0.476 bits per heavy atom. The first-order valence-corrected chi connectivity index (χ1v) is 16.8. The van der Waals surface area contributed by atoms with E-state index in [1.165, 1.54) is 58.3 Å². The Morgan fingerprint density at radius 3 is 0.952 bits per heavy atom. The lowest BCUT2D eigenvalue weighted by Gasteiger charge is -2.04. The van der Waals surface area contributed by atoms with Crippen molar-refractivity contribution in [3.8, 4) is 0 Å². The molecule has 2 nitrogen and oxygen atoms in total. The number of aliphatic hydroxyl groups excluding tert-OH is 1. The van der Waals surface area contributed by atoms with Crippen LogP contribution in [0.4, 0.5) is 0 Å². The van der Waals surface area contributed by atoms with Gasteiger partial charge in [0.2, 0.25) is 0 Å². The fraction of sp³-hybridized carbons (Fsp3) is 0.650. The molecule has 0 bridgehead atoms. The zero-order chi connectivity index (χ0) is 31.4. The Labute approximate surface area is 261 Å². The summed E-state index contributed by atoms with van der Waals surface area (Å²) < 4.78 is 5.70. The minimum Gasteiger partial charge on any atom is -0.392 e.